The maximum atomic E-state index is 5.79. The van der Waals surface area contributed by atoms with Crippen molar-refractivity contribution in [3.63, 3.8) is 0 Å². The summed E-state index contributed by atoms with van der Waals surface area (Å²) < 4.78 is 0. The van der Waals surface area contributed by atoms with Crippen LogP contribution in [-0.2, 0) is 6.42 Å². The summed E-state index contributed by atoms with van der Waals surface area (Å²) in [6.45, 7) is 3.98. The van der Waals surface area contributed by atoms with E-state index in [1.54, 1.807) is 0 Å². The number of hydrogen-bond donors (Lipinski definition) is 1. The molecule has 0 aliphatic carbocycles. The predicted molar refractivity (Wildman–Crippen MR) is 66.0 cm³/mol. The topological polar surface area (TPSA) is 29.3 Å². The first-order chi connectivity index (χ1) is 7.13. The molecule has 0 radical (unpaired) electrons. The largest absolute Gasteiger partial charge is 0.330 e. The van der Waals surface area contributed by atoms with Crippen molar-refractivity contribution in [3.05, 3.63) is 35.4 Å². The monoisotopic (exact) mass is 206 g/mol. The Morgan fingerprint density at radius 2 is 1.93 bits per heavy atom. The molecule has 0 amide bonds. The summed E-state index contributed by atoms with van der Waals surface area (Å²) in [6.07, 6.45) is 1.08. The summed E-state index contributed by atoms with van der Waals surface area (Å²) in [5, 5.41) is 0. The van der Waals surface area contributed by atoms with Crippen LogP contribution in [0.5, 0.6) is 0 Å². The van der Waals surface area contributed by atoms with Crippen molar-refractivity contribution < 1.29 is 0 Å². The summed E-state index contributed by atoms with van der Waals surface area (Å²) in [4.78, 5) is 2.20. The van der Waals surface area contributed by atoms with E-state index in [1.165, 1.54) is 11.1 Å². The van der Waals surface area contributed by atoms with Crippen molar-refractivity contribution in [2.45, 2.75) is 13.3 Å². The Kier molecular flexibility index (Phi) is 4.79. The number of nitrogens with two attached hydrogens (primary N) is 1. The van der Waals surface area contributed by atoms with Crippen molar-refractivity contribution in [1.29, 1.82) is 0 Å². The van der Waals surface area contributed by atoms with E-state index in [0.29, 0.717) is 5.92 Å². The molecule has 2 nitrogen and oxygen atoms in total. The average Bonchev–Trinajstić information content (AvgIpc) is 2.19. The van der Waals surface area contributed by atoms with E-state index in [1.807, 2.05) is 0 Å². The zero-order valence-electron chi connectivity index (χ0n) is 10.0. The molecule has 0 aliphatic rings. The number of aryl methyl sites for hydroxylation is 1. The Morgan fingerprint density at radius 3 is 2.47 bits per heavy atom. The van der Waals surface area contributed by atoms with Crippen LogP contribution >= 0.6 is 0 Å². The van der Waals surface area contributed by atoms with Gasteiger partial charge < -0.3 is 10.6 Å². The molecule has 0 heterocycles. The molecule has 2 N–H and O–H groups in total. The third-order valence-electron chi connectivity index (χ3n) is 2.73. The standard InChI is InChI=1S/C13H22N2/c1-11-6-4-5-7-13(11)8-12(9-14)10-15(2)3/h4-7,12H,8-10,14H2,1-3H3. The zero-order valence-corrected chi connectivity index (χ0v) is 10.0. The smallest absolute Gasteiger partial charge is 0.00188 e. The van der Waals surface area contributed by atoms with Crippen molar-refractivity contribution in [3.8, 4) is 0 Å². The zero-order chi connectivity index (χ0) is 11.3. The second-order valence-electron chi connectivity index (χ2n) is 4.49. The molecule has 1 atom stereocenters. The quantitative estimate of drug-likeness (QED) is 0.794. The molecule has 0 saturated carbocycles. The minimum absolute atomic E-state index is 0.557. The van der Waals surface area contributed by atoms with Gasteiger partial charge in [0.15, 0.2) is 0 Å². The van der Waals surface area contributed by atoms with Crippen LogP contribution in [0.15, 0.2) is 24.3 Å². The second kappa shape index (κ2) is 5.89. The molecule has 0 spiro atoms. The molecule has 0 aromatic heterocycles. The molecule has 84 valence electrons. The van der Waals surface area contributed by atoms with Gasteiger partial charge in [-0.15, -0.1) is 0 Å². The summed E-state index contributed by atoms with van der Waals surface area (Å²) in [5.41, 5.74) is 8.59. The van der Waals surface area contributed by atoms with Crippen molar-refractivity contribution >= 4 is 0 Å². The van der Waals surface area contributed by atoms with Gasteiger partial charge in [0.1, 0.15) is 0 Å². The van der Waals surface area contributed by atoms with Gasteiger partial charge >= 0.3 is 0 Å². The van der Waals surface area contributed by atoms with E-state index in [4.69, 9.17) is 5.73 Å². The minimum Gasteiger partial charge on any atom is -0.330 e. The van der Waals surface area contributed by atoms with Crippen molar-refractivity contribution in [1.82, 2.24) is 4.90 Å². The van der Waals surface area contributed by atoms with E-state index in [2.05, 4.69) is 50.2 Å². The maximum Gasteiger partial charge on any atom is 0.00188 e. The fourth-order valence-corrected chi connectivity index (χ4v) is 1.89. The lowest BCUT2D eigenvalue weighted by Crippen LogP contribution is -2.29. The summed E-state index contributed by atoms with van der Waals surface area (Å²) >= 11 is 0. The van der Waals surface area contributed by atoms with Gasteiger partial charge in [-0.25, -0.2) is 0 Å². The van der Waals surface area contributed by atoms with Crippen LogP contribution < -0.4 is 5.73 Å². The molecule has 0 saturated heterocycles. The van der Waals surface area contributed by atoms with Crippen molar-refractivity contribution in [2.24, 2.45) is 11.7 Å². The molecule has 0 fully saturated rings. The SMILES string of the molecule is Cc1ccccc1CC(CN)CN(C)C. The van der Waals surface area contributed by atoms with Crippen LogP contribution in [0, 0.1) is 12.8 Å². The van der Waals surface area contributed by atoms with Gasteiger partial charge in [0.05, 0.1) is 0 Å². The van der Waals surface area contributed by atoms with Gasteiger partial charge in [-0.2, -0.15) is 0 Å². The average molecular weight is 206 g/mol. The first-order valence-electron chi connectivity index (χ1n) is 5.52. The van der Waals surface area contributed by atoms with Crippen LogP contribution in [0.4, 0.5) is 0 Å². The number of rotatable bonds is 5. The molecule has 1 rings (SSSR count). The Hall–Kier alpha value is -0.860. The molecular weight excluding hydrogens is 184 g/mol. The van der Waals surface area contributed by atoms with E-state index in [9.17, 15) is 0 Å². The fraction of sp³-hybridized carbons (Fsp3) is 0.538. The molecule has 0 aliphatic heterocycles. The number of nitrogens with zero attached hydrogens (tertiary/aromatic N) is 1. The normalized spacial score (nSPS) is 13.1. The van der Waals surface area contributed by atoms with E-state index in [-0.39, 0.29) is 0 Å². The highest BCUT2D eigenvalue weighted by molar-refractivity contribution is 5.25. The third kappa shape index (κ3) is 4.02. The van der Waals surface area contributed by atoms with Gasteiger partial charge in [0.2, 0.25) is 0 Å². The van der Waals surface area contributed by atoms with Crippen LogP contribution in [0.2, 0.25) is 0 Å². The third-order valence-corrected chi connectivity index (χ3v) is 2.73. The lowest BCUT2D eigenvalue weighted by molar-refractivity contribution is 0.327. The Balaban J connectivity index is 2.62. The van der Waals surface area contributed by atoms with Crippen molar-refractivity contribution in [2.75, 3.05) is 27.2 Å². The van der Waals surface area contributed by atoms with Crippen LogP contribution in [0.1, 0.15) is 11.1 Å². The summed E-state index contributed by atoms with van der Waals surface area (Å²) in [6, 6.07) is 8.56. The maximum absolute atomic E-state index is 5.79. The van der Waals surface area contributed by atoms with Gasteiger partial charge in [0, 0.05) is 6.54 Å². The number of benzene rings is 1. The van der Waals surface area contributed by atoms with Gasteiger partial charge in [-0.05, 0) is 51.0 Å². The molecule has 1 unspecified atom stereocenters. The van der Waals surface area contributed by atoms with E-state index in [0.717, 1.165) is 19.5 Å². The highest BCUT2D eigenvalue weighted by Crippen LogP contribution is 2.13. The molecule has 2 heteroatoms. The highest BCUT2D eigenvalue weighted by atomic mass is 15.1. The molecule has 15 heavy (non-hydrogen) atoms. The molecular formula is C13H22N2. The van der Waals surface area contributed by atoms with E-state index < -0.39 is 0 Å². The lowest BCUT2D eigenvalue weighted by Gasteiger charge is -2.20. The first-order valence-corrected chi connectivity index (χ1v) is 5.52. The Labute approximate surface area is 93.1 Å². The van der Waals surface area contributed by atoms with Gasteiger partial charge in [-0.3, -0.25) is 0 Å². The second-order valence-corrected chi connectivity index (χ2v) is 4.49. The fourth-order valence-electron chi connectivity index (χ4n) is 1.89. The molecule has 1 aromatic rings. The Bertz CT molecular complexity index is 294. The molecule has 1 aromatic carbocycles. The van der Waals surface area contributed by atoms with Gasteiger partial charge in [0.25, 0.3) is 0 Å². The summed E-state index contributed by atoms with van der Waals surface area (Å²) in [5.74, 6) is 0.557. The highest BCUT2D eigenvalue weighted by Gasteiger charge is 2.09. The Morgan fingerprint density at radius 1 is 1.27 bits per heavy atom. The van der Waals surface area contributed by atoms with Crippen LogP contribution in [0.25, 0.3) is 0 Å². The van der Waals surface area contributed by atoms with Gasteiger partial charge in [-0.1, -0.05) is 24.3 Å². The first kappa shape index (κ1) is 12.2. The lowest BCUT2D eigenvalue weighted by atomic mass is 9.96. The number of hydrogen-bond acceptors (Lipinski definition) is 2. The van der Waals surface area contributed by atoms with Crippen LogP contribution in [0.3, 0.4) is 0 Å². The van der Waals surface area contributed by atoms with Crippen LogP contribution in [-0.4, -0.2) is 32.1 Å². The minimum atomic E-state index is 0.557. The molecule has 0 bridgehead atoms. The summed E-state index contributed by atoms with van der Waals surface area (Å²) in [7, 11) is 4.20. The predicted octanol–water partition coefficient (Wildman–Crippen LogP) is 1.67. The van der Waals surface area contributed by atoms with E-state index >= 15 is 0 Å².